The number of carbonyl (C=O) groups is 2. The van der Waals surface area contributed by atoms with E-state index >= 15 is 0 Å². The Morgan fingerprint density at radius 2 is 1.52 bits per heavy atom. The van der Waals surface area contributed by atoms with Crippen molar-refractivity contribution in [1.29, 1.82) is 0 Å². The van der Waals surface area contributed by atoms with E-state index in [1.807, 2.05) is 56.4 Å². The second-order valence-electron chi connectivity index (χ2n) is 9.25. The summed E-state index contributed by atoms with van der Waals surface area (Å²) in [5, 5.41) is 2.97. The number of nitrogens with zero attached hydrogens (tertiary/aromatic N) is 2. The fraction of sp³-hybridized carbons (Fsp3) is 0.286. The predicted molar refractivity (Wildman–Crippen MR) is 129 cm³/mol. The number of benzene rings is 3. The first-order valence-electron chi connectivity index (χ1n) is 11.5. The third-order valence-corrected chi connectivity index (χ3v) is 6.99. The molecule has 5 heteroatoms. The van der Waals surface area contributed by atoms with Gasteiger partial charge in [0.2, 0.25) is 0 Å². The van der Waals surface area contributed by atoms with Crippen LogP contribution in [0, 0.1) is 0 Å². The van der Waals surface area contributed by atoms with Crippen LogP contribution in [0.1, 0.15) is 47.2 Å². The van der Waals surface area contributed by atoms with Crippen molar-refractivity contribution in [2.45, 2.75) is 37.8 Å². The first-order valence-corrected chi connectivity index (χ1v) is 11.5. The molecular weight excluding hydrogens is 410 g/mol. The highest BCUT2D eigenvalue weighted by Crippen LogP contribution is 2.34. The van der Waals surface area contributed by atoms with Gasteiger partial charge in [-0.05, 0) is 61.1 Å². The largest absolute Gasteiger partial charge is 0.326 e. The normalized spacial score (nSPS) is 19.9. The molecule has 0 aromatic heterocycles. The zero-order valence-corrected chi connectivity index (χ0v) is 19.1. The fourth-order valence-electron chi connectivity index (χ4n) is 5.18. The van der Waals surface area contributed by atoms with Crippen LogP contribution in [0.2, 0.25) is 0 Å². The summed E-state index contributed by atoms with van der Waals surface area (Å²) >= 11 is 0. The lowest BCUT2D eigenvalue weighted by Gasteiger charge is -2.32. The highest BCUT2D eigenvalue weighted by atomic mass is 16.2. The van der Waals surface area contributed by atoms with Gasteiger partial charge in [-0.15, -0.1) is 0 Å². The molecule has 1 aliphatic heterocycles. The van der Waals surface area contributed by atoms with Gasteiger partial charge in [0.05, 0.1) is 12.7 Å². The van der Waals surface area contributed by atoms with E-state index < -0.39 is 5.54 Å². The number of nitrogens with one attached hydrogen (secondary N) is 1. The van der Waals surface area contributed by atoms with Gasteiger partial charge in [0.25, 0.3) is 5.91 Å². The van der Waals surface area contributed by atoms with Crippen molar-refractivity contribution < 1.29 is 9.59 Å². The number of amides is 3. The summed E-state index contributed by atoms with van der Waals surface area (Å²) in [6.07, 6.45) is 3.26. The van der Waals surface area contributed by atoms with E-state index in [0.717, 1.165) is 36.0 Å². The molecule has 3 aromatic carbocycles. The summed E-state index contributed by atoms with van der Waals surface area (Å²) in [6, 6.07) is 26.1. The van der Waals surface area contributed by atoms with Gasteiger partial charge in [-0.3, -0.25) is 9.69 Å². The van der Waals surface area contributed by atoms with E-state index in [0.29, 0.717) is 0 Å². The molecule has 0 bridgehead atoms. The van der Waals surface area contributed by atoms with Gasteiger partial charge in [0.1, 0.15) is 5.54 Å². The van der Waals surface area contributed by atoms with Crippen molar-refractivity contribution in [3.05, 3.63) is 107 Å². The summed E-state index contributed by atoms with van der Waals surface area (Å²) in [4.78, 5) is 30.0. The van der Waals surface area contributed by atoms with Crippen molar-refractivity contribution in [2.24, 2.45) is 0 Å². The molecule has 0 radical (unpaired) electrons. The minimum absolute atomic E-state index is 0.0835. The fourth-order valence-corrected chi connectivity index (χ4v) is 5.18. The molecule has 1 N–H and O–H groups in total. The first-order chi connectivity index (χ1) is 16.0. The summed E-state index contributed by atoms with van der Waals surface area (Å²) < 4.78 is 0. The van der Waals surface area contributed by atoms with Gasteiger partial charge < -0.3 is 5.32 Å². The number of hydrogen-bond donors (Lipinski definition) is 1. The number of carbonyl (C=O) groups excluding carboxylic acids is 2. The zero-order chi connectivity index (χ0) is 23.0. The van der Waals surface area contributed by atoms with Gasteiger partial charge in [0.15, 0.2) is 0 Å². The van der Waals surface area contributed by atoms with Crippen molar-refractivity contribution in [1.82, 2.24) is 15.1 Å². The number of hydrogen-bond acceptors (Lipinski definition) is 3. The number of aryl methyl sites for hydroxylation is 2. The smallest absolute Gasteiger partial charge is 0.319 e. The third kappa shape index (κ3) is 3.83. The molecule has 3 aromatic rings. The molecule has 1 fully saturated rings. The van der Waals surface area contributed by atoms with E-state index in [1.54, 1.807) is 0 Å². The van der Waals surface area contributed by atoms with Crippen LogP contribution < -0.4 is 5.32 Å². The Kier molecular flexibility index (Phi) is 5.51. The molecule has 1 heterocycles. The van der Waals surface area contributed by atoms with E-state index in [4.69, 9.17) is 0 Å². The maximum atomic E-state index is 13.6. The monoisotopic (exact) mass is 439 g/mol. The standard InChI is InChI=1S/C28H29N3O2/c1-28(24-17-16-20-14-9-15-23(20)18-24)26(32)31(27(33)29-28)19-30(2)25(21-10-5-3-6-11-21)22-12-7-4-8-13-22/h3-8,10-13,16-18,25H,9,14-15,19H2,1-2H3,(H,29,33)/t28-/m1/s1. The molecule has 3 amide bonds. The van der Waals surface area contributed by atoms with Crippen LogP contribution in [0.3, 0.4) is 0 Å². The van der Waals surface area contributed by atoms with Crippen LogP contribution in [0.25, 0.3) is 0 Å². The van der Waals surface area contributed by atoms with Gasteiger partial charge in [0, 0.05) is 0 Å². The van der Waals surface area contributed by atoms with E-state index in [9.17, 15) is 9.59 Å². The van der Waals surface area contributed by atoms with Gasteiger partial charge in [-0.2, -0.15) is 0 Å². The average molecular weight is 440 g/mol. The van der Waals surface area contributed by atoms with Crippen LogP contribution in [-0.4, -0.2) is 35.5 Å². The van der Waals surface area contributed by atoms with E-state index in [2.05, 4.69) is 46.6 Å². The molecule has 1 aliphatic carbocycles. The average Bonchev–Trinajstić information content (AvgIpc) is 3.39. The molecule has 1 atom stereocenters. The van der Waals surface area contributed by atoms with Crippen LogP contribution in [0.15, 0.2) is 78.9 Å². The SMILES string of the molecule is CN(CN1C(=O)N[C@](C)(c2ccc3c(c2)CCC3)C1=O)C(c1ccccc1)c1ccccc1. The van der Waals surface area contributed by atoms with Crippen molar-refractivity contribution in [3.63, 3.8) is 0 Å². The Hall–Kier alpha value is -3.44. The molecule has 0 spiro atoms. The maximum Gasteiger partial charge on any atom is 0.326 e. The highest BCUT2D eigenvalue weighted by Gasteiger charge is 2.49. The zero-order valence-electron chi connectivity index (χ0n) is 19.1. The predicted octanol–water partition coefficient (Wildman–Crippen LogP) is 4.62. The Morgan fingerprint density at radius 1 is 0.909 bits per heavy atom. The number of rotatable bonds is 6. The quantitative estimate of drug-likeness (QED) is 0.570. The Labute approximate surface area is 195 Å². The van der Waals surface area contributed by atoms with Gasteiger partial charge in [-0.1, -0.05) is 78.9 Å². The molecule has 2 aliphatic rings. The lowest BCUT2D eigenvalue weighted by molar-refractivity contribution is -0.132. The lowest BCUT2D eigenvalue weighted by atomic mass is 9.90. The highest BCUT2D eigenvalue weighted by molar-refractivity contribution is 6.07. The molecule has 168 valence electrons. The topological polar surface area (TPSA) is 52.6 Å². The van der Waals surface area contributed by atoms with Crippen LogP contribution in [0.5, 0.6) is 0 Å². The number of imide groups is 1. The van der Waals surface area contributed by atoms with Crippen molar-refractivity contribution in [2.75, 3.05) is 13.7 Å². The van der Waals surface area contributed by atoms with Crippen molar-refractivity contribution in [3.8, 4) is 0 Å². The van der Waals surface area contributed by atoms with Crippen LogP contribution in [-0.2, 0) is 23.2 Å². The summed E-state index contributed by atoms with van der Waals surface area (Å²) in [5.74, 6) is -0.211. The van der Waals surface area contributed by atoms with Crippen LogP contribution in [0.4, 0.5) is 4.79 Å². The van der Waals surface area contributed by atoms with E-state index in [1.165, 1.54) is 16.0 Å². The molecule has 5 rings (SSSR count). The lowest BCUT2D eigenvalue weighted by Crippen LogP contribution is -2.44. The Morgan fingerprint density at radius 3 is 2.15 bits per heavy atom. The minimum Gasteiger partial charge on any atom is -0.319 e. The molecule has 0 unspecified atom stereocenters. The first kappa shape index (κ1) is 21.4. The maximum absolute atomic E-state index is 13.6. The number of urea groups is 1. The minimum atomic E-state index is -1.05. The van der Waals surface area contributed by atoms with Crippen LogP contribution >= 0.6 is 0 Å². The van der Waals surface area contributed by atoms with E-state index in [-0.39, 0.29) is 24.6 Å². The molecule has 1 saturated heterocycles. The number of fused-ring (bicyclic) bond motifs is 1. The molecule has 0 saturated carbocycles. The van der Waals surface area contributed by atoms with Crippen molar-refractivity contribution >= 4 is 11.9 Å². The second-order valence-corrected chi connectivity index (χ2v) is 9.25. The Bertz CT molecular complexity index is 1140. The third-order valence-electron chi connectivity index (χ3n) is 6.99. The molecule has 5 nitrogen and oxygen atoms in total. The van der Waals surface area contributed by atoms with Gasteiger partial charge >= 0.3 is 6.03 Å². The molecule has 33 heavy (non-hydrogen) atoms. The summed E-state index contributed by atoms with van der Waals surface area (Å²) in [5.41, 5.74) is 4.67. The summed E-state index contributed by atoms with van der Waals surface area (Å²) in [6.45, 7) is 2.01. The Balaban J connectivity index is 1.42. The summed E-state index contributed by atoms with van der Waals surface area (Å²) in [7, 11) is 1.95. The second kappa shape index (κ2) is 8.49. The molecular formula is C28H29N3O2. The van der Waals surface area contributed by atoms with Gasteiger partial charge in [-0.25, -0.2) is 9.69 Å².